The van der Waals surface area contributed by atoms with Crippen molar-refractivity contribution in [1.82, 2.24) is 24.7 Å². The first kappa shape index (κ1) is 62.8. The predicted octanol–water partition coefficient (Wildman–Crippen LogP) is 11.6. The molecule has 0 bridgehead atoms. The molecular weight excluding hydrogens is 1190 g/mol. The number of aromatic nitrogens is 4. The molecule has 8 atom stereocenters. The predicted molar refractivity (Wildman–Crippen MR) is 306 cm³/mol. The molecule has 0 amide bonds. The van der Waals surface area contributed by atoms with Gasteiger partial charge in [-0.1, -0.05) is 108 Å². The Labute approximate surface area is 491 Å². The summed E-state index contributed by atoms with van der Waals surface area (Å²) in [6, 6.07) is 19.5. The Bertz CT molecular complexity index is 3530. The number of hydrogen-bond donors (Lipinski definition) is 3. The SMILES string of the molecule is CCCSc1nc(C[C@@H]2C[C@H](O)[C@H]3OC(C)(C)O[C@@H]23)c(N)c(N([C@@H]2C[C@H]2c2ccc(F)c(F)c2)S(=O)(=O)c2ccc(C)cc2)n1.CCCSc1nc(Cl)c([N+](=O)[O-])c(Cl)n1.Cc1ccc(S(=O)(=O)N[C@@H]2C[C@H]2c2ccc(F)c(F)c2)cc1. The summed E-state index contributed by atoms with van der Waals surface area (Å²) >= 11 is 14.0. The van der Waals surface area contributed by atoms with E-state index >= 15 is 0 Å². The van der Waals surface area contributed by atoms with E-state index in [-0.39, 0.29) is 55.6 Å². The van der Waals surface area contributed by atoms with Crippen LogP contribution >= 0.6 is 46.7 Å². The van der Waals surface area contributed by atoms with E-state index in [4.69, 9.17) is 48.4 Å². The fraction of sp³-hybridized carbons (Fsp3) is 0.418. The van der Waals surface area contributed by atoms with Gasteiger partial charge < -0.3 is 20.3 Å². The maximum Gasteiger partial charge on any atom is 0.343 e. The zero-order chi connectivity index (χ0) is 59.6. The summed E-state index contributed by atoms with van der Waals surface area (Å²) in [5.74, 6) is -3.76. The Balaban J connectivity index is 0.000000195. The van der Waals surface area contributed by atoms with Crippen molar-refractivity contribution in [2.75, 3.05) is 21.5 Å². The van der Waals surface area contributed by atoms with Crippen LogP contribution in [0.25, 0.3) is 0 Å². The molecule has 0 radical (unpaired) electrons. The van der Waals surface area contributed by atoms with Crippen molar-refractivity contribution >= 4 is 84.0 Å². The number of halogens is 6. The number of fused-ring (bicyclic) bond motifs is 1. The van der Waals surface area contributed by atoms with Crippen molar-refractivity contribution in [2.24, 2.45) is 5.92 Å². The van der Waals surface area contributed by atoms with Gasteiger partial charge in [0.15, 0.2) is 45.2 Å². The first-order valence-electron chi connectivity index (χ1n) is 26.1. The summed E-state index contributed by atoms with van der Waals surface area (Å²) in [6.45, 7) is 11.4. The van der Waals surface area contributed by atoms with Crippen LogP contribution in [0.5, 0.6) is 0 Å². The molecule has 10 rings (SSSR count). The molecule has 3 heterocycles. The second-order valence-electron chi connectivity index (χ2n) is 20.7. The molecule has 3 aliphatic carbocycles. The average Bonchev–Trinajstić information content (AvgIpc) is 4.24. The maximum atomic E-state index is 14.4. The van der Waals surface area contributed by atoms with Crippen molar-refractivity contribution in [2.45, 2.75) is 148 Å². The zero-order valence-electron chi connectivity index (χ0n) is 45.2. The monoisotopic (exact) mass is 1250 g/mol. The quantitative estimate of drug-likeness (QED) is 0.0181. The lowest BCUT2D eigenvalue weighted by atomic mass is 9.98. The number of benzene rings is 4. The first-order valence-corrected chi connectivity index (χ1v) is 31.8. The highest BCUT2D eigenvalue weighted by Crippen LogP contribution is 2.51. The molecule has 4 aliphatic rings. The normalized spacial score (nSPS) is 22.3. The summed E-state index contributed by atoms with van der Waals surface area (Å²) in [7, 11) is -7.80. The first-order chi connectivity index (χ1) is 38.7. The van der Waals surface area contributed by atoms with Crippen LogP contribution in [0.1, 0.15) is 99.6 Å². The number of ether oxygens (including phenoxy) is 2. The molecule has 1 aliphatic heterocycles. The molecule has 27 heteroatoms. The van der Waals surface area contributed by atoms with Crippen molar-refractivity contribution in [3.8, 4) is 0 Å². The van der Waals surface area contributed by atoms with E-state index in [1.54, 1.807) is 50.2 Å². The summed E-state index contributed by atoms with van der Waals surface area (Å²) in [5, 5.41) is 21.6. The smallest absolute Gasteiger partial charge is 0.343 e. The third-order valence-electron chi connectivity index (χ3n) is 13.8. The number of nitro groups is 1. The number of nitrogens with two attached hydrogens (primary N) is 1. The minimum absolute atomic E-state index is 0.0493. The van der Waals surface area contributed by atoms with Crippen LogP contribution in [-0.4, -0.2) is 94.5 Å². The van der Waals surface area contributed by atoms with Crippen LogP contribution in [0, 0.1) is 53.1 Å². The van der Waals surface area contributed by atoms with Gasteiger partial charge in [0.2, 0.25) is 20.3 Å². The summed E-state index contributed by atoms with van der Waals surface area (Å²) < 4.78 is 123. The zero-order valence-corrected chi connectivity index (χ0v) is 50.0. The third-order valence-corrected chi connectivity index (χ3v) is 19.8. The Morgan fingerprint density at radius 3 is 1.78 bits per heavy atom. The highest BCUT2D eigenvalue weighted by molar-refractivity contribution is 7.99. The van der Waals surface area contributed by atoms with Gasteiger partial charge in [0.05, 0.1) is 44.3 Å². The van der Waals surface area contributed by atoms with E-state index in [2.05, 4.69) is 14.7 Å². The van der Waals surface area contributed by atoms with Gasteiger partial charge in [0.1, 0.15) is 6.10 Å². The third kappa shape index (κ3) is 14.8. The molecule has 0 spiro atoms. The number of nitrogens with zero attached hydrogens (tertiary/aromatic N) is 6. The lowest BCUT2D eigenvalue weighted by molar-refractivity contribution is -0.385. The number of hydrogen-bond acceptors (Lipinski definition) is 16. The van der Waals surface area contributed by atoms with Gasteiger partial charge in [-0.15, -0.1) is 0 Å². The van der Waals surface area contributed by atoms with Gasteiger partial charge >= 0.3 is 5.69 Å². The van der Waals surface area contributed by atoms with Crippen LogP contribution in [0.2, 0.25) is 10.3 Å². The van der Waals surface area contributed by atoms with Crippen molar-refractivity contribution in [1.29, 1.82) is 0 Å². The molecule has 4 N–H and O–H groups in total. The minimum Gasteiger partial charge on any atom is -0.394 e. The van der Waals surface area contributed by atoms with E-state index in [0.717, 1.165) is 54.0 Å². The number of sulfonamides is 2. The molecule has 2 aromatic heterocycles. The average molecular weight is 1250 g/mol. The van der Waals surface area contributed by atoms with Crippen LogP contribution in [0.3, 0.4) is 0 Å². The topological polar surface area (TPSA) is 243 Å². The van der Waals surface area contributed by atoms with Crippen molar-refractivity contribution < 1.29 is 53.9 Å². The molecule has 440 valence electrons. The maximum absolute atomic E-state index is 14.4. The van der Waals surface area contributed by atoms with Gasteiger partial charge in [-0.2, -0.15) is 0 Å². The highest BCUT2D eigenvalue weighted by Gasteiger charge is 2.54. The van der Waals surface area contributed by atoms with Crippen LogP contribution in [0.15, 0.2) is 105 Å². The Hall–Kier alpha value is -5.22. The summed E-state index contributed by atoms with van der Waals surface area (Å²) in [4.78, 5) is 27.1. The van der Waals surface area contributed by atoms with E-state index in [9.17, 15) is 49.6 Å². The Kier molecular flexibility index (Phi) is 19.9. The second-order valence-corrected chi connectivity index (χ2v) is 27.0. The summed E-state index contributed by atoms with van der Waals surface area (Å²) in [5.41, 5.74) is 9.88. The lowest BCUT2D eigenvalue weighted by Crippen LogP contribution is -2.36. The molecule has 6 aromatic rings. The molecule has 17 nitrogen and oxygen atoms in total. The largest absolute Gasteiger partial charge is 0.394 e. The van der Waals surface area contributed by atoms with E-state index in [1.165, 1.54) is 52.1 Å². The minimum atomic E-state index is -4.21. The number of aliphatic hydroxyl groups excluding tert-OH is 1. The molecule has 3 saturated carbocycles. The van der Waals surface area contributed by atoms with E-state index < -0.39 is 83.9 Å². The van der Waals surface area contributed by atoms with Crippen molar-refractivity contribution in [3.63, 3.8) is 0 Å². The standard InChI is InChI=1S/C32H38F2N4O5S2.C16H15F2NO2S.C7H7Cl2N3O2S/c1-5-12-44-31-36-24(14-19-15-26(39)29-28(19)42-32(3,4)43-29)27(35)30(37-31)38(45(40,41)20-9-6-17(2)7-10-20)25-16-21(25)18-8-11-22(33)23(34)13-18;1-10-2-5-12(6-3-10)22(20,21)19-16-9-13(16)11-4-7-14(17)15(18)8-11;1-2-3-15-7-10-5(8)4(12(13)14)6(9)11-7/h6-11,13,19,21,25-26,28-29,39H,5,12,14-16,35H2,1-4H3;2-8,13,16,19H,9H2,1H3;2-3H2,1H3/t19-,21+,25-,26+,28+,29-;13-,16+;/m10./s1. The fourth-order valence-electron chi connectivity index (χ4n) is 9.60. The van der Waals surface area contributed by atoms with Crippen LogP contribution in [-0.2, 0) is 35.9 Å². The second kappa shape index (κ2) is 26.0. The molecule has 4 fully saturated rings. The number of anilines is 2. The van der Waals surface area contributed by atoms with Crippen LogP contribution < -0.4 is 14.8 Å². The highest BCUT2D eigenvalue weighted by atomic mass is 35.5. The molecule has 4 aromatic carbocycles. The number of aliphatic hydroxyl groups is 1. The van der Waals surface area contributed by atoms with Gasteiger partial charge in [-0.3, -0.25) is 10.1 Å². The van der Waals surface area contributed by atoms with Crippen molar-refractivity contribution in [3.05, 3.63) is 157 Å². The molecule has 0 unspecified atom stereocenters. The van der Waals surface area contributed by atoms with Gasteiger partial charge in [0.25, 0.3) is 10.0 Å². The number of thioether (sulfide) groups is 2. The van der Waals surface area contributed by atoms with E-state index in [1.807, 2.05) is 27.7 Å². The fourth-order valence-corrected chi connectivity index (χ4v) is 14.6. The molecule has 1 saturated heterocycles. The van der Waals surface area contributed by atoms with Gasteiger partial charge in [-0.25, -0.2) is 63.4 Å². The van der Waals surface area contributed by atoms with E-state index in [0.29, 0.717) is 58.6 Å². The number of rotatable bonds is 18. The number of aryl methyl sites for hydroxylation is 2. The Morgan fingerprint density at radius 1 is 0.744 bits per heavy atom. The Morgan fingerprint density at radius 2 is 1.26 bits per heavy atom. The molecular formula is C55H60Cl2F4N8O9S4. The summed E-state index contributed by atoms with van der Waals surface area (Å²) in [6.07, 6.45) is 1.87. The number of nitrogens with one attached hydrogen (secondary N) is 1. The van der Waals surface area contributed by atoms with Crippen LogP contribution in [0.4, 0.5) is 34.8 Å². The van der Waals surface area contributed by atoms with Gasteiger partial charge in [0, 0.05) is 29.4 Å². The molecule has 82 heavy (non-hydrogen) atoms. The number of nitrogen functional groups attached to an aromatic ring is 1. The lowest BCUT2D eigenvalue weighted by Gasteiger charge is -2.27. The van der Waals surface area contributed by atoms with Gasteiger partial charge in [-0.05, 0) is 132 Å².